The molecular weight excluding hydrogens is 218 g/mol. The van der Waals surface area contributed by atoms with Crippen LogP contribution in [0.3, 0.4) is 0 Å². The summed E-state index contributed by atoms with van der Waals surface area (Å²) in [6, 6.07) is 8.73. The van der Waals surface area contributed by atoms with Gasteiger partial charge in [-0.2, -0.15) is 0 Å². The summed E-state index contributed by atoms with van der Waals surface area (Å²) in [6.45, 7) is 5.98. The van der Waals surface area contributed by atoms with Gasteiger partial charge in [0.05, 0.1) is 6.67 Å². The predicted octanol–water partition coefficient (Wildman–Crippen LogP) is 1.70. The average Bonchev–Trinajstić information content (AvgIpc) is 2.29. The Labute approximate surface area is 102 Å². The van der Waals surface area contributed by atoms with Crippen LogP contribution in [0.25, 0.3) is 0 Å². The number of hydrogen-bond donors (Lipinski definition) is 3. The summed E-state index contributed by atoms with van der Waals surface area (Å²) in [5.74, 6) is 5.22. The molecule has 0 spiro atoms. The van der Waals surface area contributed by atoms with E-state index < -0.39 is 0 Å². The molecule has 0 aliphatic rings. The van der Waals surface area contributed by atoms with E-state index >= 15 is 0 Å². The van der Waals surface area contributed by atoms with Crippen LogP contribution in [0.1, 0.15) is 19.4 Å². The summed E-state index contributed by atoms with van der Waals surface area (Å²) in [6.07, 6.45) is 2.09. The minimum Gasteiger partial charge on any atom is -0.303 e. The summed E-state index contributed by atoms with van der Waals surface area (Å²) in [7, 11) is 0. The molecular formula is C12H21N3S. The van der Waals surface area contributed by atoms with Crippen molar-refractivity contribution in [1.82, 2.24) is 10.7 Å². The largest absolute Gasteiger partial charge is 0.303 e. The first-order chi connectivity index (χ1) is 7.60. The molecule has 0 saturated carbocycles. The lowest BCUT2D eigenvalue weighted by molar-refractivity contribution is 0.454. The molecule has 90 valence electrons. The Hall–Kier alpha value is -0.550. The van der Waals surface area contributed by atoms with E-state index in [0.717, 1.165) is 6.54 Å². The van der Waals surface area contributed by atoms with Gasteiger partial charge >= 0.3 is 0 Å². The highest BCUT2D eigenvalue weighted by Gasteiger charge is 2.19. The molecule has 1 aromatic carbocycles. The Morgan fingerprint density at radius 3 is 2.38 bits per heavy atom. The van der Waals surface area contributed by atoms with Crippen LogP contribution >= 0.6 is 11.8 Å². The lowest BCUT2D eigenvalue weighted by Crippen LogP contribution is -2.40. The van der Waals surface area contributed by atoms with Gasteiger partial charge in [-0.25, -0.2) is 5.43 Å². The third-order valence-electron chi connectivity index (χ3n) is 2.67. The highest BCUT2D eigenvalue weighted by atomic mass is 32.2. The zero-order chi connectivity index (χ0) is 12.0. The number of hydrazine groups is 1. The Morgan fingerprint density at radius 2 is 1.88 bits per heavy atom. The van der Waals surface area contributed by atoms with Crippen molar-refractivity contribution in [3.8, 4) is 0 Å². The second kappa shape index (κ2) is 6.25. The van der Waals surface area contributed by atoms with Gasteiger partial charge in [0, 0.05) is 16.9 Å². The van der Waals surface area contributed by atoms with Crippen molar-refractivity contribution in [2.45, 2.75) is 24.2 Å². The molecule has 0 aliphatic heterocycles. The van der Waals surface area contributed by atoms with E-state index in [1.807, 2.05) is 0 Å². The van der Waals surface area contributed by atoms with Gasteiger partial charge in [-0.15, -0.1) is 11.8 Å². The maximum Gasteiger partial charge on any atom is 0.0587 e. The van der Waals surface area contributed by atoms with Gasteiger partial charge in [0.2, 0.25) is 0 Å². The molecule has 0 fully saturated rings. The fraction of sp³-hybridized carbons (Fsp3) is 0.500. The van der Waals surface area contributed by atoms with Crippen molar-refractivity contribution in [1.29, 1.82) is 0 Å². The van der Waals surface area contributed by atoms with Crippen LogP contribution in [0, 0.1) is 0 Å². The molecule has 3 nitrogen and oxygen atoms in total. The Kier molecular flexibility index (Phi) is 5.28. The van der Waals surface area contributed by atoms with Gasteiger partial charge in [0.15, 0.2) is 0 Å². The molecule has 16 heavy (non-hydrogen) atoms. The summed E-state index contributed by atoms with van der Waals surface area (Å²) >= 11 is 1.77. The van der Waals surface area contributed by atoms with E-state index in [1.165, 1.54) is 10.5 Å². The third kappa shape index (κ3) is 3.79. The van der Waals surface area contributed by atoms with E-state index in [0.29, 0.717) is 6.67 Å². The van der Waals surface area contributed by atoms with Gasteiger partial charge in [-0.3, -0.25) is 5.84 Å². The Morgan fingerprint density at radius 1 is 1.25 bits per heavy atom. The molecule has 1 rings (SSSR count). The Bertz CT molecular complexity index is 309. The van der Waals surface area contributed by atoms with Gasteiger partial charge in [-0.05, 0) is 24.0 Å². The molecule has 1 aromatic rings. The number of thioether (sulfide) groups is 1. The molecule has 0 radical (unpaired) electrons. The summed E-state index contributed by atoms with van der Waals surface area (Å²) in [5.41, 5.74) is 4.06. The molecule has 0 saturated heterocycles. The van der Waals surface area contributed by atoms with Gasteiger partial charge in [-0.1, -0.05) is 26.0 Å². The normalized spacial score (nSPS) is 11.8. The van der Waals surface area contributed by atoms with Crippen molar-refractivity contribution < 1.29 is 0 Å². The topological polar surface area (TPSA) is 50.1 Å². The molecule has 4 heteroatoms. The monoisotopic (exact) mass is 239 g/mol. The fourth-order valence-electron chi connectivity index (χ4n) is 1.59. The van der Waals surface area contributed by atoms with Crippen molar-refractivity contribution in [2.24, 2.45) is 5.84 Å². The highest BCUT2D eigenvalue weighted by Crippen LogP contribution is 2.24. The first-order valence-electron chi connectivity index (χ1n) is 5.39. The van der Waals surface area contributed by atoms with Crippen molar-refractivity contribution in [3.63, 3.8) is 0 Å². The van der Waals surface area contributed by atoms with Crippen molar-refractivity contribution >= 4 is 11.8 Å². The van der Waals surface area contributed by atoms with Crippen LogP contribution in [0.4, 0.5) is 0 Å². The van der Waals surface area contributed by atoms with E-state index in [4.69, 9.17) is 5.84 Å². The zero-order valence-electron chi connectivity index (χ0n) is 10.2. The SMILES string of the molecule is CSc1ccc(C(C)(C)CNCNN)cc1. The molecule has 0 aromatic heterocycles. The number of nitrogens with one attached hydrogen (secondary N) is 2. The average molecular weight is 239 g/mol. The predicted molar refractivity (Wildman–Crippen MR) is 71.4 cm³/mol. The summed E-state index contributed by atoms with van der Waals surface area (Å²) in [4.78, 5) is 1.30. The standard InChI is InChI=1S/C12H21N3S/c1-12(2,8-14-9-15-13)10-4-6-11(16-3)7-5-10/h4-7,14-15H,8-9,13H2,1-3H3. The first kappa shape index (κ1) is 13.5. The minimum absolute atomic E-state index is 0.119. The third-order valence-corrected chi connectivity index (χ3v) is 3.41. The molecule has 4 N–H and O–H groups in total. The minimum atomic E-state index is 0.119. The van der Waals surface area contributed by atoms with E-state index in [2.05, 4.69) is 55.1 Å². The molecule has 0 bridgehead atoms. The molecule has 0 aliphatic carbocycles. The molecule has 0 heterocycles. The Balaban J connectivity index is 2.65. The smallest absolute Gasteiger partial charge is 0.0587 e. The van der Waals surface area contributed by atoms with Crippen LogP contribution in [-0.2, 0) is 5.41 Å². The number of rotatable bonds is 6. The highest BCUT2D eigenvalue weighted by molar-refractivity contribution is 7.98. The summed E-state index contributed by atoms with van der Waals surface area (Å²) in [5, 5.41) is 3.26. The van der Waals surface area contributed by atoms with Crippen molar-refractivity contribution in [3.05, 3.63) is 29.8 Å². The lowest BCUT2D eigenvalue weighted by atomic mass is 9.85. The quantitative estimate of drug-likeness (QED) is 0.232. The van der Waals surface area contributed by atoms with Crippen molar-refractivity contribution in [2.75, 3.05) is 19.5 Å². The van der Waals surface area contributed by atoms with E-state index in [-0.39, 0.29) is 5.41 Å². The van der Waals surface area contributed by atoms with Gasteiger partial charge in [0.1, 0.15) is 0 Å². The maximum absolute atomic E-state index is 5.22. The second-order valence-electron chi connectivity index (χ2n) is 4.42. The number of benzene rings is 1. The summed E-state index contributed by atoms with van der Waals surface area (Å²) < 4.78 is 0. The van der Waals surface area contributed by atoms with E-state index in [9.17, 15) is 0 Å². The zero-order valence-corrected chi connectivity index (χ0v) is 11.0. The molecule has 0 unspecified atom stereocenters. The molecule has 0 atom stereocenters. The van der Waals surface area contributed by atoms with Crippen LogP contribution in [0.15, 0.2) is 29.2 Å². The fourth-order valence-corrected chi connectivity index (χ4v) is 2.00. The van der Waals surface area contributed by atoms with Gasteiger partial charge in [0.25, 0.3) is 0 Å². The number of nitrogens with two attached hydrogens (primary N) is 1. The number of hydrogen-bond acceptors (Lipinski definition) is 4. The van der Waals surface area contributed by atoms with Crippen LogP contribution in [0.2, 0.25) is 0 Å². The first-order valence-corrected chi connectivity index (χ1v) is 6.61. The van der Waals surface area contributed by atoms with Crippen LogP contribution < -0.4 is 16.6 Å². The molecule has 0 amide bonds. The maximum atomic E-state index is 5.22. The van der Waals surface area contributed by atoms with Crippen LogP contribution in [0.5, 0.6) is 0 Å². The lowest BCUT2D eigenvalue weighted by Gasteiger charge is -2.26. The second-order valence-corrected chi connectivity index (χ2v) is 5.30. The van der Waals surface area contributed by atoms with Gasteiger partial charge < -0.3 is 5.32 Å². The van der Waals surface area contributed by atoms with E-state index in [1.54, 1.807) is 11.8 Å². The van der Waals surface area contributed by atoms with Crippen LogP contribution in [-0.4, -0.2) is 19.5 Å².